The lowest BCUT2D eigenvalue weighted by molar-refractivity contribution is 0.576. The van der Waals surface area contributed by atoms with Crippen molar-refractivity contribution < 1.29 is 8.78 Å². The lowest BCUT2D eigenvalue weighted by atomic mass is 9.95. The molecule has 0 heterocycles. The minimum Gasteiger partial charge on any atom is -0.320 e. The maximum atomic E-state index is 13.7. The molecule has 2 aromatic rings. The van der Waals surface area contributed by atoms with Crippen LogP contribution in [0.2, 0.25) is 0 Å². The van der Waals surface area contributed by atoms with E-state index in [-0.39, 0.29) is 5.56 Å². The van der Waals surface area contributed by atoms with E-state index in [1.54, 1.807) is 0 Å². The minimum atomic E-state index is -0.682. The predicted molar refractivity (Wildman–Crippen MR) is 71.3 cm³/mol. The van der Waals surface area contributed by atoms with Crippen LogP contribution in [0.4, 0.5) is 8.78 Å². The SMILES string of the molecule is Cc1c(Br)cccc1C(N)c1cc(F)ccc1F. The minimum absolute atomic E-state index is 0.163. The molecular formula is C14H12BrF2N. The molecule has 0 aliphatic carbocycles. The van der Waals surface area contributed by atoms with E-state index >= 15 is 0 Å². The van der Waals surface area contributed by atoms with Crippen LogP contribution in [-0.2, 0) is 0 Å². The van der Waals surface area contributed by atoms with Gasteiger partial charge in [-0.05, 0) is 42.3 Å². The third-order valence-electron chi connectivity index (χ3n) is 2.94. The van der Waals surface area contributed by atoms with Gasteiger partial charge in [0.2, 0.25) is 0 Å². The highest BCUT2D eigenvalue weighted by Crippen LogP contribution is 2.28. The van der Waals surface area contributed by atoms with Crippen molar-refractivity contribution in [2.24, 2.45) is 5.73 Å². The molecule has 1 atom stereocenters. The van der Waals surface area contributed by atoms with Crippen molar-refractivity contribution in [1.82, 2.24) is 0 Å². The molecule has 0 radical (unpaired) electrons. The highest BCUT2D eigenvalue weighted by Gasteiger charge is 2.17. The Labute approximate surface area is 113 Å². The summed E-state index contributed by atoms with van der Waals surface area (Å²) in [6.45, 7) is 1.89. The van der Waals surface area contributed by atoms with E-state index in [0.29, 0.717) is 0 Å². The van der Waals surface area contributed by atoms with Gasteiger partial charge in [0.1, 0.15) is 11.6 Å². The van der Waals surface area contributed by atoms with Crippen LogP contribution in [0, 0.1) is 18.6 Å². The first-order chi connectivity index (χ1) is 8.50. The van der Waals surface area contributed by atoms with Gasteiger partial charge >= 0.3 is 0 Å². The maximum absolute atomic E-state index is 13.7. The molecule has 0 saturated carbocycles. The molecule has 0 spiro atoms. The fraction of sp³-hybridized carbons (Fsp3) is 0.143. The maximum Gasteiger partial charge on any atom is 0.128 e. The van der Waals surface area contributed by atoms with Crippen molar-refractivity contribution in [3.8, 4) is 0 Å². The summed E-state index contributed by atoms with van der Waals surface area (Å²) in [7, 11) is 0. The summed E-state index contributed by atoms with van der Waals surface area (Å²) in [5, 5.41) is 0. The second-order valence-electron chi connectivity index (χ2n) is 4.10. The Morgan fingerprint density at radius 3 is 2.56 bits per heavy atom. The highest BCUT2D eigenvalue weighted by atomic mass is 79.9. The molecular weight excluding hydrogens is 300 g/mol. The highest BCUT2D eigenvalue weighted by molar-refractivity contribution is 9.10. The van der Waals surface area contributed by atoms with Crippen molar-refractivity contribution in [3.63, 3.8) is 0 Å². The van der Waals surface area contributed by atoms with Crippen LogP contribution in [-0.4, -0.2) is 0 Å². The summed E-state index contributed by atoms with van der Waals surface area (Å²) in [6, 6.07) is 8.15. The molecule has 2 rings (SSSR count). The first kappa shape index (κ1) is 13.2. The Bertz CT molecular complexity index is 582. The molecule has 0 aromatic heterocycles. The molecule has 0 saturated heterocycles. The Hall–Kier alpha value is -1.26. The number of hydrogen-bond acceptors (Lipinski definition) is 1. The molecule has 0 fully saturated rings. The van der Waals surface area contributed by atoms with Gasteiger partial charge in [0.25, 0.3) is 0 Å². The van der Waals surface area contributed by atoms with E-state index in [2.05, 4.69) is 15.9 Å². The average molecular weight is 312 g/mol. The lowest BCUT2D eigenvalue weighted by Crippen LogP contribution is -2.15. The number of benzene rings is 2. The Balaban J connectivity index is 2.51. The molecule has 4 heteroatoms. The van der Waals surface area contributed by atoms with Crippen molar-refractivity contribution >= 4 is 15.9 Å². The molecule has 0 amide bonds. The van der Waals surface area contributed by atoms with E-state index in [0.717, 1.165) is 33.8 Å². The van der Waals surface area contributed by atoms with Crippen LogP contribution in [0.25, 0.3) is 0 Å². The van der Waals surface area contributed by atoms with Crippen LogP contribution in [0.3, 0.4) is 0 Å². The lowest BCUT2D eigenvalue weighted by Gasteiger charge is -2.17. The molecule has 0 bridgehead atoms. The van der Waals surface area contributed by atoms with Gasteiger partial charge in [0, 0.05) is 10.0 Å². The van der Waals surface area contributed by atoms with Crippen LogP contribution >= 0.6 is 15.9 Å². The van der Waals surface area contributed by atoms with E-state index in [4.69, 9.17) is 5.73 Å². The zero-order chi connectivity index (χ0) is 13.3. The summed E-state index contributed by atoms with van der Waals surface area (Å²) in [5.74, 6) is -0.988. The zero-order valence-corrected chi connectivity index (χ0v) is 11.3. The Morgan fingerprint density at radius 2 is 1.83 bits per heavy atom. The second kappa shape index (κ2) is 5.16. The molecule has 1 nitrogen and oxygen atoms in total. The summed E-state index contributed by atoms with van der Waals surface area (Å²) < 4.78 is 27.7. The largest absolute Gasteiger partial charge is 0.320 e. The summed E-state index contributed by atoms with van der Waals surface area (Å²) in [6.07, 6.45) is 0. The molecule has 2 aromatic carbocycles. The summed E-state index contributed by atoms with van der Waals surface area (Å²) >= 11 is 3.40. The van der Waals surface area contributed by atoms with Gasteiger partial charge in [-0.3, -0.25) is 0 Å². The topological polar surface area (TPSA) is 26.0 Å². The quantitative estimate of drug-likeness (QED) is 0.888. The Kier molecular flexibility index (Phi) is 3.78. The normalized spacial score (nSPS) is 12.5. The van der Waals surface area contributed by atoms with Gasteiger partial charge in [-0.2, -0.15) is 0 Å². The third-order valence-corrected chi connectivity index (χ3v) is 3.80. The smallest absolute Gasteiger partial charge is 0.128 e. The van der Waals surface area contributed by atoms with Gasteiger partial charge < -0.3 is 5.73 Å². The van der Waals surface area contributed by atoms with Gasteiger partial charge in [-0.15, -0.1) is 0 Å². The molecule has 0 aliphatic rings. The van der Waals surface area contributed by atoms with Crippen LogP contribution in [0.1, 0.15) is 22.7 Å². The van der Waals surface area contributed by atoms with Crippen LogP contribution in [0.5, 0.6) is 0 Å². The molecule has 1 unspecified atom stereocenters. The first-order valence-corrected chi connectivity index (χ1v) is 6.25. The fourth-order valence-electron chi connectivity index (χ4n) is 1.88. The average Bonchev–Trinajstić information content (AvgIpc) is 2.35. The van der Waals surface area contributed by atoms with Crippen LogP contribution in [0.15, 0.2) is 40.9 Å². The molecule has 2 N–H and O–H groups in total. The number of nitrogens with two attached hydrogens (primary N) is 1. The number of halogens is 3. The third kappa shape index (κ3) is 2.44. The summed E-state index contributed by atoms with van der Waals surface area (Å²) in [4.78, 5) is 0. The summed E-state index contributed by atoms with van der Waals surface area (Å²) in [5.41, 5.74) is 7.89. The molecule has 0 aliphatic heterocycles. The monoisotopic (exact) mass is 311 g/mol. The van der Waals surface area contributed by atoms with Crippen molar-refractivity contribution in [2.45, 2.75) is 13.0 Å². The van der Waals surface area contributed by atoms with Gasteiger partial charge in [-0.1, -0.05) is 28.1 Å². The van der Waals surface area contributed by atoms with Crippen LogP contribution < -0.4 is 5.73 Å². The van der Waals surface area contributed by atoms with Gasteiger partial charge in [0.15, 0.2) is 0 Å². The number of hydrogen-bond donors (Lipinski definition) is 1. The van der Waals surface area contributed by atoms with E-state index in [1.807, 2.05) is 25.1 Å². The van der Waals surface area contributed by atoms with E-state index in [9.17, 15) is 8.78 Å². The van der Waals surface area contributed by atoms with Crippen molar-refractivity contribution in [1.29, 1.82) is 0 Å². The predicted octanol–water partition coefficient (Wildman–Crippen LogP) is 4.08. The molecule has 18 heavy (non-hydrogen) atoms. The van der Waals surface area contributed by atoms with E-state index in [1.165, 1.54) is 0 Å². The molecule has 94 valence electrons. The van der Waals surface area contributed by atoms with Gasteiger partial charge in [0.05, 0.1) is 6.04 Å². The van der Waals surface area contributed by atoms with Crippen molar-refractivity contribution in [3.05, 3.63) is 69.2 Å². The van der Waals surface area contributed by atoms with E-state index < -0.39 is 17.7 Å². The van der Waals surface area contributed by atoms with Crippen molar-refractivity contribution in [2.75, 3.05) is 0 Å². The fourth-order valence-corrected chi connectivity index (χ4v) is 2.26. The second-order valence-corrected chi connectivity index (χ2v) is 4.95. The Morgan fingerprint density at radius 1 is 1.11 bits per heavy atom. The first-order valence-electron chi connectivity index (χ1n) is 5.46. The standard InChI is InChI=1S/C14H12BrF2N/c1-8-10(3-2-4-12(8)15)14(18)11-7-9(16)5-6-13(11)17/h2-7,14H,18H2,1H3. The number of rotatable bonds is 2. The van der Waals surface area contributed by atoms with Gasteiger partial charge in [-0.25, -0.2) is 8.78 Å². The zero-order valence-electron chi connectivity index (χ0n) is 9.75.